The number of hydrogen-bond donors (Lipinski definition) is 2. The Morgan fingerprint density at radius 3 is 2.92 bits per heavy atom. The molecular weight excluding hydrogens is 316 g/mol. The summed E-state index contributed by atoms with van der Waals surface area (Å²) in [5.41, 5.74) is 4.73. The Balaban J connectivity index is 1.65. The van der Waals surface area contributed by atoms with Crippen LogP contribution in [0.2, 0.25) is 0 Å². The van der Waals surface area contributed by atoms with Crippen LogP contribution in [0, 0.1) is 26.7 Å². The van der Waals surface area contributed by atoms with Gasteiger partial charge in [-0.1, -0.05) is 6.92 Å². The molecule has 2 N–H and O–H groups in total. The molecular formula is C18H26N6O. The van der Waals surface area contributed by atoms with Crippen LogP contribution in [0.5, 0.6) is 0 Å². The van der Waals surface area contributed by atoms with Crippen LogP contribution in [0.3, 0.4) is 0 Å². The molecule has 0 saturated carbocycles. The summed E-state index contributed by atoms with van der Waals surface area (Å²) in [4.78, 5) is 21.3. The van der Waals surface area contributed by atoms with Crippen molar-refractivity contribution in [1.82, 2.24) is 30.4 Å². The third-order valence-electron chi connectivity index (χ3n) is 4.77. The molecule has 0 aromatic carbocycles. The van der Waals surface area contributed by atoms with Crippen molar-refractivity contribution in [2.45, 2.75) is 53.8 Å². The van der Waals surface area contributed by atoms with Gasteiger partial charge in [0.1, 0.15) is 11.6 Å². The summed E-state index contributed by atoms with van der Waals surface area (Å²) in [5.74, 6) is 1.42. The first-order valence-corrected chi connectivity index (χ1v) is 8.78. The average Bonchev–Trinajstić information content (AvgIpc) is 2.90. The highest BCUT2D eigenvalue weighted by Gasteiger charge is 2.19. The second kappa shape index (κ2) is 7.31. The van der Waals surface area contributed by atoms with Crippen LogP contribution in [0.4, 0.5) is 0 Å². The van der Waals surface area contributed by atoms with E-state index in [1.165, 1.54) is 11.1 Å². The number of rotatable bonds is 5. The van der Waals surface area contributed by atoms with E-state index in [4.69, 9.17) is 0 Å². The molecule has 7 nitrogen and oxygen atoms in total. The van der Waals surface area contributed by atoms with Gasteiger partial charge in [0, 0.05) is 25.0 Å². The Bertz CT molecular complexity index is 782. The number of aromatic nitrogens is 4. The largest absolute Gasteiger partial charge is 0.352 e. The lowest BCUT2D eigenvalue weighted by molar-refractivity contribution is -0.125. The van der Waals surface area contributed by atoms with Gasteiger partial charge in [-0.25, -0.2) is 9.67 Å². The number of aryl methyl sites for hydroxylation is 3. The number of amides is 1. The maximum absolute atomic E-state index is 12.5. The minimum Gasteiger partial charge on any atom is -0.352 e. The summed E-state index contributed by atoms with van der Waals surface area (Å²) < 4.78 is 1.79. The minimum atomic E-state index is -0.172. The summed E-state index contributed by atoms with van der Waals surface area (Å²) >= 11 is 0. The second-order valence-electron chi connectivity index (χ2n) is 6.76. The first kappa shape index (κ1) is 17.5. The van der Waals surface area contributed by atoms with Crippen LogP contribution in [0.15, 0.2) is 6.20 Å². The van der Waals surface area contributed by atoms with Crippen LogP contribution in [0.25, 0.3) is 0 Å². The highest BCUT2D eigenvalue weighted by molar-refractivity contribution is 5.78. The van der Waals surface area contributed by atoms with Gasteiger partial charge in [0.25, 0.3) is 0 Å². The smallest absolute Gasteiger partial charge is 0.224 e. The van der Waals surface area contributed by atoms with Crippen molar-refractivity contribution in [2.24, 2.45) is 5.92 Å². The minimum absolute atomic E-state index is 0.0264. The summed E-state index contributed by atoms with van der Waals surface area (Å²) in [6.07, 6.45) is 2.93. The number of pyridine rings is 1. The normalized spacial score (nSPS) is 14.9. The molecule has 134 valence electrons. The standard InChI is InChI=1S/C18H26N6O/c1-11(10-24-14(4)22-13(3)23-24)18(25)21-9-17-12(2)20-8-15-7-19-6-5-16(15)17/h8,11,19H,5-7,9-10H2,1-4H3,(H,21,25)/t11-/m1/s1. The van der Waals surface area contributed by atoms with Gasteiger partial charge in [-0.15, -0.1) is 0 Å². The highest BCUT2D eigenvalue weighted by atomic mass is 16.1. The fourth-order valence-corrected chi connectivity index (χ4v) is 3.30. The van der Waals surface area contributed by atoms with E-state index < -0.39 is 0 Å². The molecule has 0 fully saturated rings. The van der Waals surface area contributed by atoms with Gasteiger partial charge in [-0.2, -0.15) is 5.10 Å². The van der Waals surface area contributed by atoms with Gasteiger partial charge < -0.3 is 10.6 Å². The van der Waals surface area contributed by atoms with E-state index in [2.05, 4.69) is 25.7 Å². The Morgan fingerprint density at radius 1 is 1.40 bits per heavy atom. The molecule has 0 bridgehead atoms. The quantitative estimate of drug-likeness (QED) is 0.853. The Morgan fingerprint density at radius 2 is 2.20 bits per heavy atom. The molecule has 3 heterocycles. The summed E-state index contributed by atoms with van der Waals surface area (Å²) in [5, 5.41) is 10.8. The first-order valence-electron chi connectivity index (χ1n) is 8.78. The van der Waals surface area contributed by atoms with Crippen LogP contribution in [-0.4, -0.2) is 32.2 Å². The van der Waals surface area contributed by atoms with E-state index in [9.17, 15) is 4.79 Å². The molecule has 2 aromatic rings. The molecule has 25 heavy (non-hydrogen) atoms. The van der Waals surface area contributed by atoms with Gasteiger partial charge in [-0.3, -0.25) is 9.78 Å². The van der Waals surface area contributed by atoms with Crippen LogP contribution < -0.4 is 10.6 Å². The molecule has 0 saturated heterocycles. The van der Waals surface area contributed by atoms with E-state index in [0.717, 1.165) is 42.4 Å². The molecule has 1 aliphatic rings. The van der Waals surface area contributed by atoms with E-state index >= 15 is 0 Å². The number of hydrogen-bond acceptors (Lipinski definition) is 5. The van der Waals surface area contributed by atoms with E-state index in [-0.39, 0.29) is 11.8 Å². The highest BCUT2D eigenvalue weighted by Crippen LogP contribution is 2.20. The first-order chi connectivity index (χ1) is 12.0. The number of fused-ring (bicyclic) bond motifs is 1. The van der Waals surface area contributed by atoms with Gasteiger partial charge in [-0.05, 0) is 50.4 Å². The van der Waals surface area contributed by atoms with E-state index in [0.29, 0.717) is 13.1 Å². The summed E-state index contributed by atoms with van der Waals surface area (Å²) in [7, 11) is 0. The lowest BCUT2D eigenvalue weighted by atomic mass is 9.96. The third kappa shape index (κ3) is 3.87. The van der Waals surface area contributed by atoms with Crippen molar-refractivity contribution in [2.75, 3.05) is 6.54 Å². The molecule has 1 atom stereocenters. The molecule has 0 unspecified atom stereocenters. The van der Waals surface area contributed by atoms with Crippen LogP contribution >= 0.6 is 0 Å². The van der Waals surface area contributed by atoms with Crippen LogP contribution in [-0.2, 0) is 30.8 Å². The fraction of sp³-hybridized carbons (Fsp3) is 0.556. The maximum Gasteiger partial charge on any atom is 0.224 e. The van der Waals surface area contributed by atoms with Crippen molar-refractivity contribution in [1.29, 1.82) is 0 Å². The van der Waals surface area contributed by atoms with Crippen molar-refractivity contribution in [3.8, 4) is 0 Å². The Labute approximate surface area is 148 Å². The van der Waals surface area contributed by atoms with Gasteiger partial charge in [0.2, 0.25) is 5.91 Å². The van der Waals surface area contributed by atoms with Crippen molar-refractivity contribution >= 4 is 5.91 Å². The average molecular weight is 342 g/mol. The van der Waals surface area contributed by atoms with Crippen molar-refractivity contribution in [3.63, 3.8) is 0 Å². The Kier molecular flexibility index (Phi) is 5.13. The van der Waals surface area contributed by atoms with Gasteiger partial charge in [0.05, 0.1) is 12.5 Å². The molecule has 7 heteroatoms. The SMILES string of the molecule is Cc1nc(C)n(C[C@@H](C)C(=O)NCc2c(C)ncc3c2CCNC3)n1. The lowest BCUT2D eigenvalue weighted by Crippen LogP contribution is -2.33. The van der Waals surface area contributed by atoms with E-state index in [1.807, 2.05) is 33.9 Å². The molecule has 3 rings (SSSR count). The molecule has 1 amide bonds. The predicted octanol–water partition coefficient (Wildman–Crippen LogP) is 1.20. The zero-order valence-corrected chi connectivity index (χ0v) is 15.4. The zero-order valence-electron chi connectivity index (χ0n) is 15.4. The van der Waals surface area contributed by atoms with Gasteiger partial charge >= 0.3 is 0 Å². The fourth-order valence-electron chi connectivity index (χ4n) is 3.30. The zero-order chi connectivity index (χ0) is 18.0. The van der Waals surface area contributed by atoms with Crippen molar-refractivity contribution in [3.05, 3.63) is 40.2 Å². The maximum atomic E-state index is 12.5. The topological polar surface area (TPSA) is 84.7 Å². The number of nitrogens with zero attached hydrogens (tertiary/aromatic N) is 4. The number of carbonyl (C=O) groups is 1. The summed E-state index contributed by atoms with van der Waals surface area (Å²) in [6, 6.07) is 0. The number of nitrogens with one attached hydrogen (secondary N) is 2. The Hall–Kier alpha value is -2.28. The molecule has 2 aromatic heterocycles. The molecule has 0 radical (unpaired) electrons. The van der Waals surface area contributed by atoms with Crippen LogP contribution in [0.1, 0.15) is 41.0 Å². The lowest BCUT2D eigenvalue weighted by Gasteiger charge is -2.22. The second-order valence-corrected chi connectivity index (χ2v) is 6.76. The molecule has 1 aliphatic heterocycles. The molecule has 0 aliphatic carbocycles. The van der Waals surface area contributed by atoms with Gasteiger partial charge in [0.15, 0.2) is 0 Å². The summed E-state index contributed by atoms with van der Waals surface area (Å²) in [6.45, 7) is 10.6. The molecule has 0 spiro atoms. The van der Waals surface area contributed by atoms with E-state index in [1.54, 1.807) is 4.68 Å². The number of carbonyl (C=O) groups excluding carboxylic acids is 1. The van der Waals surface area contributed by atoms with Crippen molar-refractivity contribution < 1.29 is 4.79 Å². The predicted molar refractivity (Wildman–Crippen MR) is 94.9 cm³/mol. The monoisotopic (exact) mass is 342 g/mol. The third-order valence-corrected chi connectivity index (χ3v) is 4.77.